The summed E-state index contributed by atoms with van der Waals surface area (Å²) in [6.45, 7) is 0. The van der Waals surface area contributed by atoms with Gasteiger partial charge in [-0.1, -0.05) is 12.5 Å². The van der Waals surface area contributed by atoms with Crippen molar-refractivity contribution in [3.8, 4) is 0 Å². The highest BCUT2D eigenvalue weighted by Crippen LogP contribution is 2.32. The van der Waals surface area contributed by atoms with Crippen molar-refractivity contribution in [2.75, 3.05) is 5.32 Å². The number of benzene rings is 1. The molecule has 140 valence electrons. The Kier molecular flexibility index (Phi) is 5.03. The van der Waals surface area contributed by atoms with Crippen LogP contribution in [0.5, 0.6) is 0 Å². The van der Waals surface area contributed by atoms with Gasteiger partial charge in [-0.05, 0) is 49.4 Å². The predicted molar refractivity (Wildman–Crippen MR) is 105 cm³/mol. The molecule has 1 aliphatic rings. The number of thiophene rings is 1. The average molecular weight is 385 g/mol. The first-order valence-electron chi connectivity index (χ1n) is 9.19. The minimum Gasteiger partial charge on any atom is -0.326 e. The fourth-order valence-electron chi connectivity index (χ4n) is 3.53. The standard InChI is InChI=1S/C20H20FN3O2S/c21-12-5-4-6-13(11-12)22-17(25)10-9-16-23-19(26)18-14-7-2-1-3-8-15(14)27-20(18)24-16/h4-6,11H,1-3,7-10H2,(H,22,25)(H,23,24,26). The van der Waals surface area contributed by atoms with Gasteiger partial charge in [0.2, 0.25) is 5.91 Å². The van der Waals surface area contributed by atoms with Gasteiger partial charge in [0.1, 0.15) is 16.5 Å². The van der Waals surface area contributed by atoms with Crippen molar-refractivity contribution < 1.29 is 9.18 Å². The Hall–Kier alpha value is -2.54. The summed E-state index contributed by atoms with van der Waals surface area (Å²) in [5, 5.41) is 3.38. The van der Waals surface area contributed by atoms with Crippen molar-refractivity contribution in [3.63, 3.8) is 0 Å². The summed E-state index contributed by atoms with van der Waals surface area (Å²) in [6, 6.07) is 5.76. The van der Waals surface area contributed by atoms with Gasteiger partial charge in [-0.15, -0.1) is 11.3 Å². The zero-order valence-corrected chi connectivity index (χ0v) is 15.6. The third kappa shape index (κ3) is 3.93. The second kappa shape index (κ2) is 7.60. The number of amides is 1. The van der Waals surface area contributed by atoms with Crippen molar-refractivity contribution in [2.24, 2.45) is 0 Å². The molecule has 1 aliphatic carbocycles. The molecular weight excluding hydrogens is 365 g/mol. The van der Waals surface area contributed by atoms with E-state index in [1.165, 1.54) is 23.4 Å². The number of nitrogens with one attached hydrogen (secondary N) is 2. The number of nitrogens with zero attached hydrogens (tertiary/aromatic N) is 1. The van der Waals surface area contributed by atoms with Crippen LogP contribution in [0.2, 0.25) is 0 Å². The van der Waals surface area contributed by atoms with E-state index >= 15 is 0 Å². The molecule has 3 aromatic rings. The topological polar surface area (TPSA) is 74.8 Å². The van der Waals surface area contributed by atoms with Gasteiger partial charge in [0.05, 0.1) is 5.39 Å². The van der Waals surface area contributed by atoms with Crippen molar-refractivity contribution in [1.29, 1.82) is 0 Å². The number of carbonyl (C=O) groups excluding carboxylic acids is 1. The van der Waals surface area contributed by atoms with Crippen LogP contribution in [0.3, 0.4) is 0 Å². The number of H-pyrrole nitrogens is 1. The first-order valence-corrected chi connectivity index (χ1v) is 10.0. The maximum absolute atomic E-state index is 13.2. The lowest BCUT2D eigenvalue weighted by atomic mass is 10.1. The Balaban J connectivity index is 1.49. The summed E-state index contributed by atoms with van der Waals surface area (Å²) in [4.78, 5) is 34.2. The number of anilines is 1. The maximum atomic E-state index is 13.2. The van der Waals surface area contributed by atoms with E-state index in [1.54, 1.807) is 23.5 Å². The first-order chi connectivity index (χ1) is 13.1. The van der Waals surface area contributed by atoms with Crippen LogP contribution in [0.4, 0.5) is 10.1 Å². The van der Waals surface area contributed by atoms with E-state index in [0.717, 1.165) is 41.5 Å². The van der Waals surface area contributed by atoms with Gasteiger partial charge in [-0.3, -0.25) is 9.59 Å². The van der Waals surface area contributed by atoms with Gasteiger partial charge in [0.25, 0.3) is 5.56 Å². The maximum Gasteiger partial charge on any atom is 0.259 e. The van der Waals surface area contributed by atoms with E-state index < -0.39 is 5.82 Å². The lowest BCUT2D eigenvalue weighted by Crippen LogP contribution is -2.16. The summed E-state index contributed by atoms with van der Waals surface area (Å²) >= 11 is 1.61. The van der Waals surface area contributed by atoms with E-state index in [9.17, 15) is 14.0 Å². The second-order valence-corrected chi connectivity index (χ2v) is 7.90. The third-order valence-electron chi connectivity index (χ3n) is 4.82. The van der Waals surface area contributed by atoms with E-state index in [1.807, 2.05) is 0 Å². The molecule has 1 aromatic carbocycles. The number of rotatable bonds is 4. The molecule has 2 N–H and O–H groups in total. The Morgan fingerprint density at radius 1 is 1.26 bits per heavy atom. The number of fused-ring (bicyclic) bond motifs is 3. The molecule has 2 aromatic heterocycles. The third-order valence-corrected chi connectivity index (χ3v) is 6.01. The molecule has 4 rings (SSSR count). The summed E-state index contributed by atoms with van der Waals surface area (Å²) in [5.74, 6) is -0.134. The average Bonchev–Trinajstić information content (AvgIpc) is 2.82. The Labute approximate surface area is 159 Å². The number of aryl methyl sites for hydroxylation is 3. The quantitative estimate of drug-likeness (QED) is 0.668. The largest absolute Gasteiger partial charge is 0.326 e. The van der Waals surface area contributed by atoms with E-state index in [0.29, 0.717) is 17.9 Å². The van der Waals surface area contributed by atoms with Gasteiger partial charge in [0.15, 0.2) is 0 Å². The Morgan fingerprint density at radius 3 is 2.96 bits per heavy atom. The summed E-state index contributed by atoms with van der Waals surface area (Å²) in [7, 11) is 0. The lowest BCUT2D eigenvalue weighted by Gasteiger charge is -2.05. The molecule has 5 nitrogen and oxygen atoms in total. The monoisotopic (exact) mass is 385 g/mol. The predicted octanol–water partition coefficient (Wildman–Crippen LogP) is 3.96. The van der Waals surface area contributed by atoms with Crippen molar-refractivity contribution in [3.05, 3.63) is 56.7 Å². The minimum absolute atomic E-state index is 0.111. The zero-order chi connectivity index (χ0) is 18.8. The zero-order valence-electron chi connectivity index (χ0n) is 14.8. The van der Waals surface area contributed by atoms with Crippen molar-refractivity contribution in [2.45, 2.75) is 44.9 Å². The van der Waals surface area contributed by atoms with Crippen LogP contribution in [0.15, 0.2) is 29.1 Å². The molecule has 0 unspecified atom stereocenters. The molecule has 0 fully saturated rings. The van der Waals surface area contributed by atoms with Crippen LogP contribution in [0, 0.1) is 5.82 Å². The Bertz CT molecular complexity index is 1060. The summed E-state index contributed by atoms with van der Waals surface area (Å²) in [6.07, 6.45) is 5.92. The van der Waals surface area contributed by atoms with E-state index in [-0.39, 0.29) is 17.9 Å². The van der Waals surface area contributed by atoms with Gasteiger partial charge in [-0.25, -0.2) is 9.37 Å². The number of aromatic nitrogens is 2. The highest BCUT2D eigenvalue weighted by molar-refractivity contribution is 7.18. The lowest BCUT2D eigenvalue weighted by molar-refractivity contribution is -0.116. The fraction of sp³-hybridized carbons (Fsp3) is 0.350. The van der Waals surface area contributed by atoms with Crippen LogP contribution in [0.25, 0.3) is 10.2 Å². The van der Waals surface area contributed by atoms with Crippen LogP contribution in [-0.4, -0.2) is 15.9 Å². The van der Waals surface area contributed by atoms with Crippen molar-refractivity contribution >= 4 is 33.1 Å². The van der Waals surface area contributed by atoms with Gasteiger partial charge < -0.3 is 10.3 Å². The van der Waals surface area contributed by atoms with E-state index in [4.69, 9.17) is 0 Å². The molecule has 0 saturated heterocycles. The molecule has 0 aliphatic heterocycles. The molecule has 27 heavy (non-hydrogen) atoms. The van der Waals surface area contributed by atoms with Crippen LogP contribution in [-0.2, 0) is 24.1 Å². The molecule has 7 heteroatoms. The van der Waals surface area contributed by atoms with Crippen molar-refractivity contribution in [1.82, 2.24) is 9.97 Å². The molecule has 0 bridgehead atoms. The highest BCUT2D eigenvalue weighted by Gasteiger charge is 2.19. The van der Waals surface area contributed by atoms with Crippen LogP contribution < -0.4 is 10.9 Å². The van der Waals surface area contributed by atoms with Crippen LogP contribution in [0.1, 0.15) is 41.9 Å². The molecule has 0 saturated carbocycles. The van der Waals surface area contributed by atoms with Gasteiger partial charge in [0, 0.05) is 23.4 Å². The summed E-state index contributed by atoms with van der Waals surface area (Å²) in [5.41, 5.74) is 1.47. The first kappa shape index (κ1) is 17.9. The summed E-state index contributed by atoms with van der Waals surface area (Å²) < 4.78 is 13.2. The van der Waals surface area contributed by atoms with E-state index in [2.05, 4.69) is 15.3 Å². The molecule has 2 heterocycles. The number of hydrogen-bond donors (Lipinski definition) is 2. The normalized spacial score (nSPS) is 14.0. The number of carbonyl (C=O) groups is 1. The SMILES string of the molecule is O=C(CCc1nc2sc3c(c2c(=O)[nH]1)CCCCC3)Nc1cccc(F)c1. The molecule has 1 amide bonds. The molecular formula is C20H20FN3O2S. The minimum atomic E-state index is -0.401. The second-order valence-electron chi connectivity index (χ2n) is 6.82. The fourth-order valence-corrected chi connectivity index (χ4v) is 4.81. The number of aromatic amines is 1. The molecule has 0 radical (unpaired) electrons. The Morgan fingerprint density at radius 2 is 2.11 bits per heavy atom. The number of hydrogen-bond acceptors (Lipinski definition) is 4. The number of halogens is 1. The van der Waals surface area contributed by atoms with Gasteiger partial charge in [-0.2, -0.15) is 0 Å². The van der Waals surface area contributed by atoms with Gasteiger partial charge >= 0.3 is 0 Å². The molecule has 0 atom stereocenters. The highest BCUT2D eigenvalue weighted by atomic mass is 32.1. The smallest absolute Gasteiger partial charge is 0.259 e. The molecule has 0 spiro atoms. The van der Waals surface area contributed by atoms with Crippen LogP contribution >= 0.6 is 11.3 Å².